The van der Waals surface area contributed by atoms with Crippen LogP contribution in [-0.4, -0.2) is 23.1 Å². The summed E-state index contributed by atoms with van der Waals surface area (Å²) in [6.45, 7) is 5.00. The first kappa shape index (κ1) is 13.9. The van der Waals surface area contributed by atoms with Gasteiger partial charge in [0, 0.05) is 18.8 Å². The van der Waals surface area contributed by atoms with Gasteiger partial charge in [-0.3, -0.25) is 4.98 Å². The van der Waals surface area contributed by atoms with Crippen LogP contribution < -0.4 is 10.2 Å². The first-order chi connectivity index (χ1) is 10.4. The van der Waals surface area contributed by atoms with Gasteiger partial charge in [-0.05, 0) is 30.9 Å². The number of aromatic nitrogens is 2. The molecule has 2 aromatic rings. The lowest BCUT2D eigenvalue weighted by atomic mass is 10.0. The molecule has 0 atom stereocenters. The molecule has 4 nitrogen and oxygen atoms in total. The lowest BCUT2D eigenvalue weighted by Crippen LogP contribution is -2.29. The van der Waals surface area contributed by atoms with E-state index in [9.17, 15) is 0 Å². The Labute approximate surface area is 126 Å². The summed E-state index contributed by atoms with van der Waals surface area (Å²) < 4.78 is 0. The lowest BCUT2D eigenvalue weighted by molar-refractivity contribution is 0.682. The average molecular weight is 282 g/mol. The van der Waals surface area contributed by atoms with Crippen molar-refractivity contribution in [2.75, 3.05) is 23.3 Å². The number of para-hydroxylation sites is 1. The number of anilines is 2. The first-order valence-electron chi connectivity index (χ1n) is 7.74. The van der Waals surface area contributed by atoms with Crippen LogP contribution in [0.1, 0.15) is 31.0 Å². The number of nitrogens with one attached hydrogen (secondary N) is 1. The van der Waals surface area contributed by atoms with E-state index in [2.05, 4.69) is 51.4 Å². The Morgan fingerprint density at radius 3 is 2.90 bits per heavy atom. The quantitative estimate of drug-likeness (QED) is 0.914. The van der Waals surface area contributed by atoms with E-state index in [1.165, 1.54) is 24.1 Å². The molecule has 4 heteroatoms. The summed E-state index contributed by atoms with van der Waals surface area (Å²) in [6.07, 6.45) is 7.20. The number of aryl methyl sites for hydroxylation is 1. The van der Waals surface area contributed by atoms with E-state index < -0.39 is 0 Å². The van der Waals surface area contributed by atoms with E-state index in [0.29, 0.717) is 0 Å². The summed E-state index contributed by atoms with van der Waals surface area (Å²) in [6, 6.07) is 8.67. The molecule has 0 bridgehead atoms. The van der Waals surface area contributed by atoms with Crippen LogP contribution in [0.5, 0.6) is 0 Å². The minimum absolute atomic E-state index is 0.831. The topological polar surface area (TPSA) is 41.1 Å². The second kappa shape index (κ2) is 6.57. The Balaban J connectivity index is 1.70. The maximum absolute atomic E-state index is 4.53. The normalized spacial score (nSPS) is 13.9. The molecular formula is C17H22N4. The molecule has 1 aliphatic rings. The summed E-state index contributed by atoms with van der Waals surface area (Å²) in [5, 5.41) is 3.25. The van der Waals surface area contributed by atoms with E-state index in [1.54, 1.807) is 0 Å². The molecule has 0 fully saturated rings. The second-order valence-corrected chi connectivity index (χ2v) is 5.47. The average Bonchev–Trinajstić information content (AvgIpc) is 2.55. The fourth-order valence-corrected chi connectivity index (χ4v) is 2.75. The molecule has 1 aromatic heterocycles. The zero-order valence-electron chi connectivity index (χ0n) is 12.5. The van der Waals surface area contributed by atoms with Crippen molar-refractivity contribution >= 4 is 11.5 Å². The Morgan fingerprint density at radius 1 is 1.19 bits per heavy atom. The van der Waals surface area contributed by atoms with Crippen LogP contribution in [0.25, 0.3) is 0 Å². The van der Waals surface area contributed by atoms with Gasteiger partial charge in [-0.1, -0.05) is 25.1 Å². The number of benzene rings is 1. The summed E-state index contributed by atoms with van der Waals surface area (Å²) >= 11 is 0. The number of nitrogens with zero attached hydrogens (tertiary/aromatic N) is 3. The van der Waals surface area contributed by atoms with E-state index in [1.807, 2.05) is 12.4 Å². The van der Waals surface area contributed by atoms with Crippen LogP contribution in [0.2, 0.25) is 0 Å². The standard InChI is InChI=1S/C17H22N4/c1-2-9-18-17-12-19-15(11-20-17)13-21-10-5-7-14-6-3-4-8-16(14)21/h3-4,6,8,11-12H,2,5,7,9-10,13H2,1H3,(H,18,20). The van der Waals surface area contributed by atoms with Gasteiger partial charge in [-0.15, -0.1) is 0 Å². The molecule has 0 unspecified atom stereocenters. The zero-order valence-corrected chi connectivity index (χ0v) is 12.5. The Kier molecular flexibility index (Phi) is 4.34. The van der Waals surface area contributed by atoms with Gasteiger partial charge in [0.15, 0.2) is 0 Å². The minimum Gasteiger partial charge on any atom is -0.369 e. The van der Waals surface area contributed by atoms with E-state index in [4.69, 9.17) is 0 Å². The molecule has 110 valence electrons. The van der Waals surface area contributed by atoms with Crippen molar-refractivity contribution in [2.24, 2.45) is 0 Å². The second-order valence-electron chi connectivity index (χ2n) is 5.47. The molecule has 1 N–H and O–H groups in total. The van der Waals surface area contributed by atoms with Crippen LogP contribution in [-0.2, 0) is 13.0 Å². The highest BCUT2D eigenvalue weighted by molar-refractivity contribution is 5.55. The summed E-state index contributed by atoms with van der Waals surface area (Å²) in [7, 11) is 0. The van der Waals surface area contributed by atoms with Gasteiger partial charge in [-0.25, -0.2) is 4.98 Å². The van der Waals surface area contributed by atoms with E-state index >= 15 is 0 Å². The maximum atomic E-state index is 4.53. The van der Waals surface area contributed by atoms with Crippen LogP contribution in [0.15, 0.2) is 36.7 Å². The Bertz CT molecular complexity index is 580. The van der Waals surface area contributed by atoms with Crippen molar-refractivity contribution in [1.82, 2.24) is 9.97 Å². The molecule has 2 heterocycles. The van der Waals surface area contributed by atoms with Crippen molar-refractivity contribution in [3.8, 4) is 0 Å². The van der Waals surface area contributed by atoms with Gasteiger partial charge in [0.1, 0.15) is 5.82 Å². The van der Waals surface area contributed by atoms with Crippen molar-refractivity contribution in [3.05, 3.63) is 47.9 Å². The predicted octanol–water partition coefficient (Wildman–Crippen LogP) is 3.25. The number of fused-ring (bicyclic) bond motifs is 1. The molecule has 3 rings (SSSR count). The van der Waals surface area contributed by atoms with Crippen LogP contribution in [0.3, 0.4) is 0 Å². The largest absolute Gasteiger partial charge is 0.369 e. The molecule has 0 saturated carbocycles. The van der Waals surface area contributed by atoms with Crippen molar-refractivity contribution in [2.45, 2.75) is 32.7 Å². The Morgan fingerprint density at radius 2 is 2.10 bits per heavy atom. The van der Waals surface area contributed by atoms with Gasteiger partial charge >= 0.3 is 0 Å². The summed E-state index contributed by atoms with van der Waals surface area (Å²) in [5.41, 5.74) is 3.81. The zero-order chi connectivity index (χ0) is 14.5. The molecule has 0 aliphatic carbocycles. The van der Waals surface area contributed by atoms with Gasteiger partial charge < -0.3 is 10.2 Å². The molecule has 1 aliphatic heterocycles. The van der Waals surface area contributed by atoms with Gasteiger partial charge in [0.25, 0.3) is 0 Å². The van der Waals surface area contributed by atoms with Gasteiger partial charge in [0.2, 0.25) is 0 Å². The highest BCUT2D eigenvalue weighted by Gasteiger charge is 2.16. The third-order valence-corrected chi connectivity index (χ3v) is 3.82. The minimum atomic E-state index is 0.831. The molecule has 0 radical (unpaired) electrons. The fourth-order valence-electron chi connectivity index (χ4n) is 2.75. The first-order valence-corrected chi connectivity index (χ1v) is 7.74. The SMILES string of the molecule is CCCNc1cnc(CN2CCCc3ccccc32)cn1. The monoisotopic (exact) mass is 282 g/mol. The van der Waals surface area contributed by atoms with Crippen molar-refractivity contribution in [1.29, 1.82) is 0 Å². The third kappa shape index (κ3) is 3.32. The maximum Gasteiger partial charge on any atom is 0.144 e. The summed E-state index contributed by atoms with van der Waals surface area (Å²) in [5.74, 6) is 0.861. The van der Waals surface area contributed by atoms with Crippen LogP contribution in [0, 0.1) is 0 Å². The number of hydrogen-bond acceptors (Lipinski definition) is 4. The molecule has 1 aromatic carbocycles. The van der Waals surface area contributed by atoms with Crippen LogP contribution in [0.4, 0.5) is 11.5 Å². The van der Waals surface area contributed by atoms with Gasteiger partial charge in [-0.2, -0.15) is 0 Å². The third-order valence-electron chi connectivity index (χ3n) is 3.82. The van der Waals surface area contributed by atoms with Gasteiger partial charge in [0.05, 0.1) is 24.6 Å². The number of hydrogen-bond donors (Lipinski definition) is 1. The molecule has 0 spiro atoms. The molecule has 0 saturated heterocycles. The highest BCUT2D eigenvalue weighted by Crippen LogP contribution is 2.27. The van der Waals surface area contributed by atoms with E-state index in [0.717, 1.165) is 37.6 Å². The van der Waals surface area contributed by atoms with Crippen molar-refractivity contribution < 1.29 is 0 Å². The smallest absolute Gasteiger partial charge is 0.144 e. The molecule has 21 heavy (non-hydrogen) atoms. The predicted molar refractivity (Wildman–Crippen MR) is 86.6 cm³/mol. The fraction of sp³-hybridized carbons (Fsp3) is 0.412. The summed E-state index contributed by atoms with van der Waals surface area (Å²) in [4.78, 5) is 11.4. The lowest BCUT2D eigenvalue weighted by Gasteiger charge is -2.30. The van der Waals surface area contributed by atoms with Crippen molar-refractivity contribution in [3.63, 3.8) is 0 Å². The molecule has 0 amide bonds. The number of rotatable bonds is 5. The Hall–Kier alpha value is -2.10. The highest BCUT2D eigenvalue weighted by atomic mass is 15.1. The van der Waals surface area contributed by atoms with E-state index in [-0.39, 0.29) is 0 Å². The van der Waals surface area contributed by atoms with Crippen LogP contribution >= 0.6 is 0 Å². The molecular weight excluding hydrogens is 260 g/mol.